The number of pyridine rings is 1. The molecular formula is C17H20N4O2S. The van der Waals surface area contributed by atoms with Crippen LogP contribution in [-0.2, 0) is 4.79 Å². The van der Waals surface area contributed by atoms with Crippen LogP contribution in [-0.4, -0.2) is 27.0 Å². The second kappa shape index (κ2) is 7.09. The molecule has 3 aromatic heterocycles. The third-order valence-corrected chi connectivity index (χ3v) is 5.13. The van der Waals surface area contributed by atoms with Crippen molar-refractivity contribution >= 4 is 37.7 Å². The Labute approximate surface area is 143 Å². The van der Waals surface area contributed by atoms with E-state index >= 15 is 0 Å². The summed E-state index contributed by atoms with van der Waals surface area (Å²) in [4.78, 5) is 34.8. The van der Waals surface area contributed by atoms with Gasteiger partial charge in [-0.05, 0) is 25.0 Å². The lowest BCUT2D eigenvalue weighted by Crippen LogP contribution is -2.37. The molecule has 126 valence electrons. The highest BCUT2D eigenvalue weighted by molar-refractivity contribution is 7.25. The van der Waals surface area contributed by atoms with E-state index in [-0.39, 0.29) is 11.5 Å². The SMILES string of the molecule is CCCCNC(=O)[C@H](CC)n1cnc2c(sc3ncccc32)c1=O. The van der Waals surface area contributed by atoms with Crippen LogP contribution in [0.15, 0.2) is 29.5 Å². The molecule has 3 heterocycles. The Bertz CT molecular complexity index is 931. The normalized spacial score (nSPS) is 12.6. The zero-order chi connectivity index (χ0) is 17.1. The van der Waals surface area contributed by atoms with E-state index in [2.05, 4.69) is 22.2 Å². The Morgan fingerprint density at radius 2 is 2.21 bits per heavy atom. The van der Waals surface area contributed by atoms with Gasteiger partial charge < -0.3 is 5.32 Å². The van der Waals surface area contributed by atoms with Crippen molar-refractivity contribution in [2.75, 3.05) is 6.54 Å². The molecule has 0 aliphatic rings. The predicted octanol–water partition coefficient (Wildman–Crippen LogP) is 2.87. The van der Waals surface area contributed by atoms with Gasteiger partial charge in [-0.25, -0.2) is 9.97 Å². The monoisotopic (exact) mass is 344 g/mol. The van der Waals surface area contributed by atoms with E-state index in [9.17, 15) is 9.59 Å². The summed E-state index contributed by atoms with van der Waals surface area (Å²) in [5.74, 6) is -0.131. The summed E-state index contributed by atoms with van der Waals surface area (Å²) in [5.41, 5.74) is 0.478. The minimum Gasteiger partial charge on any atom is -0.354 e. The number of unbranched alkanes of at least 4 members (excludes halogenated alkanes) is 1. The molecule has 0 fully saturated rings. The van der Waals surface area contributed by atoms with Crippen molar-refractivity contribution in [2.24, 2.45) is 0 Å². The summed E-state index contributed by atoms with van der Waals surface area (Å²) in [5, 5.41) is 3.78. The molecule has 1 N–H and O–H groups in total. The Balaban J connectivity index is 2.02. The topological polar surface area (TPSA) is 76.9 Å². The van der Waals surface area contributed by atoms with Gasteiger partial charge in [0, 0.05) is 18.1 Å². The van der Waals surface area contributed by atoms with Gasteiger partial charge in [0.05, 0.1) is 11.8 Å². The largest absolute Gasteiger partial charge is 0.354 e. The van der Waals surface area contributed by atoms with Gasteiger partial charge in [-0.15, -0.1) is 11.3 Å². The molecule has 7 heteroatoms. The third kappa shape index (κ3) is 2.91. The Morgan fingerprint density at radius 1 is 1.38 bits per heavy atom. The third-order valence-electron chi connectivity index (χ3n) is 4.03. The highest BCUT2D eigenvalue weighted by atomic mass is 32.1. The molecule has 0 saturated carbocycles. The van der Waals surface area contributed by atoms with Crippen LogP contribution in [0.2, 0.25) is 0 Å². The molecule has 0 unspecified atom stereocenters. The number of fused-ring (bicyclic) bond motifs is 3. The second-order valence-electron chi connectivity index (χ2n) is 5.66. The average Bonchev–Trinajstić information content (AvgIpc) is 2.97. The van der Waals surface area contributed by atoms with Crippen LogP contribution in [0, 0.1) is 0 Å². The van der Waals surface area contributed by atoms with E-state index in [1.807, 2.05) is 19.1 Å². The minimum absolute atomic E-state index is 0.131. The van der Waals surface area contributed by atoms with E-state index in [4.69, 9.17) is 0 Å². The summed E-state index contributed by atoms with van der Waals surface area (Å²) in [6.07, 6.45) is 5.66. The summed E-state index contributed by atoms with van der Waals surface area (Å²) < 4.78 is 1.99. The number of thiophene rings is 1. The number of rotatable bonds is 6. The number of hydrogen-bond acceptors (Lipinski definition) is 5. The Morgan fingerprint density at radius 3 is 2.96 bits per heavy atom. The minimum atomic E-state index is -0.538. The number of nitrogens with one attached hydrogen (secondary N) is 1. The van der Waals surface area contributed by atoms with Crippen LogP contribution in [0.25, 0.3) is 20.4 Å². The molecule has 0 aliphatic heterocycles. The van der Waals surface area contributed by atoms with Gasteiger partial charge in [-0.3, -0.25) is 14.2 Å². The van der Waals surface area contributed by atoms with Crippen molar-refractivity contribution in [2.45, 2.75) is 39.2 Å². The summed E-state index contributed by atoms with van der Waals surface area (Å²) in [7, 11) is 0. The van der Waals surface area contributed by atoms with Crippen molar-refractivity contribution in [3.63, 3.8) is 0 Å². The Hall–Kier alpha value is -2.28. The van der Waals surface area contributed by atoms with Crippen LogP contribution in [0.4, 0.5) is 0 Å². The van der Waals surface area contributed by atoms with Gasteiger partial charge in [0.2, 0.25) is 5.91 Å². The molecule has 3 rings (SSSR count). The highest BCUT2D eigenvalue weighted by Crippen LogP contribution is 2.28. The van der Waals surface area contributed by atoms with Gasteiger partial charge in [0.1, 0.15) is 15.6 Å². The molecule has 1 amide bonds. The van der Waals surface area contributed by atoms with E-state index in [1.54, 1.807) is 6.20 Å². The zero-order valence-corrected chi connectivity index (χ0v) is 14.6. The van der Waals surface area contributed by atoms with Gasteiger partial charge in [0.15, 0.2) is 0 Å². The van der Waals surface area contributed by atoms with Crippen molar-refractivity contribution in [3.05, 3.63) is 35.0 Å². The number of amides is 1. The molecule has 6 nitrogen and oxygen atoms in total. The molecule has 1 atom stereocenters. The van der Waals surface area contributed by atoms with Gasteiger partial charge in [-0.1, -0.05) is 20.3 Å². The molecule has 0 radical (unpaired) electrons. The standard InChI is InChI=1S/C17H20N4O2S/c1-3-5-8-18-15(22)12(4-2)21-10-20-13-11-7-6-9-19-16(11)24-14(13)17(21)23/h6-7,9-10,12H,3-5,8H2,1-2H3,(H,18,22)/t12-/m0/s1. The highest BCUT2D eigenvalue weighted by Gasteiger charge is 2.21. The molecule has 0 aliphatic carbocycles. The number of nitrogens with zero attached hydrogens (tertiary/aromatic N) is 3. The first-order valence-electron chi connectivity index (χ1n) is 8.19. The molecule has 3 aromatic rings. The fourth-order valence-electron chi connectivity index (χ4n) is 2.72. The van der Waals surface area contributed by atoms with Gasteiger partial charge in [0.25, 0.3) is 5.56 Å². The smallest absolute Gasteiger partial charge is 0.272 e. The van der Waals surface area contributed by atoms with Crippen LogP contribution in [0.3, 0.4) is 0 Å². The number of hydrogen-bond donors (Lipinski definition) is 1. The second-order valence-corrected chi connectivity index (χ2v) is 6.66. The fourth-order valence-corrected chi connectivity index (χ4v) is 3.75. The van der Waals surface area contributed by atoms with Crippen molar-refractivity contribution in [3.8, 4) is 0 Å². The molecule has 0 saturated heterocycles. The van der Waals surface area contributed by atoms with Crippen molar-refractivity contribution < 1.29 is 4.79 Å². The first-order valence-corrected chi connectivity index (χ1v) is 9.01. The van der Waals surface area contributed by atoms with Crippen LogP contribution in [0.1, 0.15) is 39.2 Å². The molecule has 24 heavy (non-hydrogen) atoms. The van der Waals surface area contributed by atoms with E-state index < -0.39 is 6.04 Å². The Kier molecular flexibility index (Phi) is 4.89. The molecule has 0 aromatic carbocycles. The maximum atomic E-state index is 12.9. The van der Waals surface area contributed by atoms with Crippen molar-refractivity contribution in [1.82, 2.24) is 19.9 Å². The van der Waals surface area contributed by atoms with Gasteiger partial charge >= 0.3 is 0 Å². The van der Waals surface area contributed by atoms with Crippen LogP contribution >= 0.6 is 11.3 Å². The first kappa shape index (κ1) is 16.6. The predicted molar refractivity (Wildman–Crippen MR) is 96.4 cm³/mol. The molecule has 0 bridgehead atoms. The van der Waals surface area contributed by atoms with E-state index in [0.717, 1.165) is 23.1 Å². The zero-order valence-electron chi connectivity index (χ0n) is 13.8. The summed E-state index contributed by atoms with van der Waals surface area (Å²) in [6.45, 7) is 4.59. The number of carbonyl (C=O) groups is 1. The lowest BCUT2D eigenvalue weighted by Gasteiger charge is -2.17. The summed E-state index contributed by atoms with van der Waals surface area (Å²) >= 11 is 1.32. The number of aromatic nitrogens is 3. The van der Waals surface area contributed by atoms with Crippen LogP contribution < -0.4 is 10.9 Å². The van der Waals surface area contributed by atoms with Gasteiger partial charge in [-0.2, -0.15) is 0 Å². The molecular weight excluding hydrogens is 324 g/mol. The lowest BCUT2D eigenvalue weighted by molar-refractivity contribution is -0.124. The van der Waals surface area contributed by atoms with Crippen molar-refractivity contribution in [1.29, 1.82) is 0 Å². The maximum Gasteiger partial charge on any atom is 0.272 e. The summed E-state index contributed by atoms with van der Waals surface area (Å²) in [6, 6.07) is 3.20. The lowest BCUT2D eigenvalue weighted by atomic mass is 10.2. The quantitative estimate of drug-likeness (QED) is 0.698. The molecule has 0 spiro atoms. The van der Waals surface area contributed by atoms with Crippen LogP contribution in [0.5, 0.6) is 0 Å². The maximum absolute atomic E-state index is 12.9. The first-order chi connectivity index (χ1) is 11.7. The average molecular weight is 344 g/mol. The fraction of sp³-hybridized carbons (Fsp3) is 0.412. The van der Waals surface area contributed by atoms with E-state index in [0.29, 0.717) is 23.2 Å². The van der Waals surface area contributed by atoms with E-state index in [1.165, 1.54) is 22.2 Å². The number of carbonyl (C=O) groups excluding carboxylic acids is 1.